The SMILES string of the molecule is CCCCNC(=O)C(Cc1ccccc1)N(Cc1ccccc1)C(C)=O. The fourth-order valence-electron chi connectivity index (χ4n) is 2.91. The topological polar surface area (TPSA) is 49.4 Å². The van der Waals surface area contributed by atoms with Crippen molar-refractivity contribution in [1.29, 1.82) is 0 Å². The van der Waals surface area contributed by atoms with E-state index in [4.69, 9.17) is 0 Å². The van der Waals surface area contributed by atoms with Crippen LogP contribution in [-0.4, -0.2) is 29.3 Å². The first-order chi connectivity index (χ1) is 12.6. The van der Waals surface area contributed by atoms with E-state index < -0.39 is 6.04 Å². The predicted octanol–water partition coefficient (Wildman–Crippen LogP) is 3.56. The van der Waals surface area contributed by atoms with Crippen LogP contribution in [0, 0.1) is 0 Å². The van der Waals surface area contributed by atoms with Crippen molar-refractivity contribution in [2.45, 2.75) is 45.7 Å². The van der Waals surface area contributed by atoms with Crippen molar-refractivity contribution >= 4 is 11.8 Å². The maximum Gasteiger partial charge on any atom is 0.243 e. The molecule has 4 nitrogen and oxygen atoms in total. The highest BCUT2D eigenvalue weighted by Gasteiger charge is 2.28. The summed E-state index contributed by atoms with van der Waals surface area (Å²) in [5.41, 5.74) is 2.06. The van der Waals surface area contributed by atoms with Crippen LogP contribution < -0.4 is 5.32 Å². The first-order valence-corrected chi connectivity index (χ1v) is 9.24. The first-order valence-electron chi connectivity index (χ1n) is 9.24. The number of unbranched alkanes of at least 4 members (excludes halogenated alkanes) is 1. The molecule has 0 aliphatic carbocycles. The summed E-state index contributed by atoms with van der Waals surface area (Å²) in [4.78, 5) is 26.9. The summed E-state index contributed by atoms with van der Waals surface area (Å²) in [5, 5.41) is 2.99. The van der Waals surface area contributed by atoms with Crippen molar-refractivity contribution in [3.8, 4) is 0 Å². The highest BCUT2D eigenvalue weighted by molar-refractivity contribution is 5.87. The van der Waals surface area contributed by atoms with Crippen molar-refractivity contribution in [1.82, 2.24) is 10.2 Å². The van der Waals surface area contributed by atoms with E-state index in [0.717, 1.165) is 24.0 Å². The van der Waals surface area contributed by atoms with Gasteiger partial charge in [-0.2, -0.15) is 0 Å². The number of hydrogen-bond donors (Lipinski definition) is 1. The monoisotopic (exact) mass is 352 g/mol. The second-order valence-electron chi connectivity index (χ2n) is 6.48. The molecular weight excluding hydrogens is 324 g/mol. The number of nitrogens with zero attached hydrogens (tertiary/aromatic N) is 1. The van der Waals surface area contributed by atoms with Gasteiger partial charge in [-0.05, 0) is 17.5 Å². The van der Waals surface area contributed by atoms with E-state index in [1.807, 2.05) is 60.7 Å². The lowest BCUT2D eigenvalue weighted by Crippen LogP contribution is -2.50. The normalized spacial score (nSPS) is 11.6. The number of nitrogens with one attached hydrogen (secondary N) is 1. The van der Waals surface area contributed by atoms with E-state index in [2.05, 4.69) is 12.2 Å². The Morgan fingerprint density at radius 2 is 1.54 bits per heavy atom. The van der Waals surface area contributed by atoms with E-state index in [0.29, 0.717) is 19.5 Å². The molecule has 0 heterocycles. The Balaban J connectivity index is 2.22. The molecule has 2 rings (SSSR count). The van der Waals surface area contributed by atoms with E-state index in [1.165, 1.54) is 6.92 Å². The molecule has 138 valence electrons. The van der Waals surface area contributed by atoms with Gasteiger partial charge in [0.2, 0.25) is 11.8 Å². The van der Waals surface area contributed by atoms with E-state index in [9.17, 15) is 9.59 Å². The molecule has 0 saturated heterocycles. The summed E-state index contributed by atoms with van der Waals surface area (Å²) >= 11 is 0. The van der Waals surface area contributed by atoms with Gasteiger partial charge in [-0.25, -0.2) is 0 Å². The van der Waals surface area contributed by atoms with Crippen LogP contribution in [0.5, 0.6) is 0 Å². The van der Waals surface area contributed by atoms with Crippen LogP contribution in [0.15, 0.2) is 60.7 Å². The van der Waals surface area contributed by atoms with Crippen molar-refractivity contribution < 1.29 is 9.59 Å². The zero-order valence-corrected chi connectivity index (χ0v) is 15.7. The van der Waals surface area contributed by atoms with Crippen molar-refractivity contribution in [2.24, 2.45) is 0 Å². The molecule has 26 heavy (non-hydrogen) atoms. The number of rotatable bonds is 9. The van der Waals surface area contributed by atoms with E-state index >= 15 is 0 Å². The molecular formula is C22H28N2O2. The number of hydrogen-bond acceptors (Lipinski definition) is 2. The molecule has 0 radical (unpaired) electrons. The molecule has 0 aromatic heterocycles. The number of carbonyl (C=O) groups excluding carboxylic acids is 2. The van der Waals surface area contributed by atoms with Gasteiger partial charge in [0.25, 0.3) is 0 Å². The third kappa shape index (κ3) is 6.03. The summed E-state index contributed by atoms with van der Waals surface area (Å²) in [6.45, 7) is 4.68. The van der Waals surface area contributed by atoms with Gasteiger partial charge in [0.15, 0.2) is 0 Å². The Bertz CT molecular complexity index is 686. The number of carbonyl (C=O) groups is 2. The molecule has 0 fully saturated rings. The minimum atomic E-state index is -0.521. The zero-order chi connectivity index (χ0) is 18.8. The molecule has 1 N–H and O–H groups in total. The van der Waals surface area contributed by atoms with Crippen LogP contribution in [0.2, 0.25) is 0 Å². The van der Waals surface area contributed by atoms with Gasteiger partial charge in [-0.1, -0.05) is 74.0 Å². The lowest BCUT2D eigenvalue weighted by molar-refractivity contribution is -0.139. The summed E-state index contributed by atoms with van der Waals surface area (Å²) in [6.07, 6.45) is 2.46. The molecule has 2 amide bonds. The van der Waals surface area contributed by atoms with E-state index in [1.54, 1.807) is 4.90 Å². The Labute approximate surface area is 156 Å². The van der Waals surface area contributed by atoms with Gasteiger partial charge >= 0.3 is 0 Å². The molecule has 0 saturated carbocycles. The molecule has 0 aliphatic rings. The predicted molar refractivity (Wildman–Crippen MR) is 105 cm³/mol. The number of benzene rings is 2. The summed E-state index contributed by atoms with van der Waals surface area (Å²) in [5.74, 6) is -0.186. The minimum Gasteiger partial charge on any atom is -0.354 e. The zero-order valence-electron chi connectivity index (χ0n) is 15.7. The average molecular weight is 352 g/mol. The highest BCUT2D eigenvalue weighted by atomic mass is 16.2. The molecule has 4 heteroatoms. The van der Waals surface area contributed by atoms with Crippen LogP contribution in [0.1, 0.15) is 37.8 Å². The molecule has 1 atom stereocenters. The smallest absolute Gasteiger partial charge is 0.243 e. The van der Waals surface area contributed by atoms with Crippen LogP contribution in [0.25, 0.3) is 0 Å². The molecule has 2 aromatic rings. The molecule has 1 unspecified atom stereocenters. The van der Waals surface area contributed by atoms with Crippen molar-refractivity contribution in [2.75, 3.05) is 6.54 Å². The van der Waals surface area contributed by atoms with Gasteiger partial charge < -0.3 is 10.2 Å². The molecule has 2 aromatic carbocycles. The van der Waals surface area contributed by atoms with Crippen molar-refractivity contribution in [3.63, 3.8) is 0 Å². The Morgan fingerprint density at radius 3 is 2.08 bits per heavy atom. The lowest BCUT2D eigenvalue weighted by atomic mass is 10.0. The largest absolute Gasteiger partial charge is 0.354 e. The third-order valence-electron chi connectivity index (χ3n) is 4.38. The van der Waals surface area contributed by atoms with Gasteiger partial charge in [-0.3, -0.25) is 9.59 Å². The molecule has 0 aliphatic heterocycles. The van der Waals surface area contributed by atoms with Gasteiger partial charge in [-0.15, -0.1) is 0 Å². The fourth-order valence-corrected chi connectivity index (χ4v) is 2.91. The third-order valence-corrected chi connectivity index (χ3v) is 4.38. The summed E-state index contributed by atoms with van der Waals surface area (Å²) < 4.78 is 0. The maximum atomic E-state index is 12.9. The first kappa shape index (κ1) is 19.7. The van der Waals surface area contributed by atoms with Gasteiger partial charge in [0.1, 0.15) is 6.04 Å². The Hall–Kier alpha value is -2.62. The molecule has 0 bridgehead atoms. The summed E-state index contributed by atoms with van der Waals surface area (Å²) in [7, 11) is 0. The lowest BCUT2D eigenvalue weighted by Gasteiger charge is -2.30. The average Bonchev–Trinajstić information content (AvgIpc) is 2.66. The van der Waals surface area contributed by atoms with E-state index in [-0.39, 0.29) is 11.8 Å². The second kappa shape index (κ2) is 10.4. The summed E-state index contributed by atoms with van der Waals surface area (Å²) in [6, 6.07) is 19.1. The van der Waals surface area contributed by atoms with Crippen LogP contribution in [0.3, 0.4) is 0 Å². The minimum absolute atomic E-state index is 0.0894. The van der Waals surface area contributed by atoms with Gasteiger partial charge in [0, 0.05) is 26.4 Å². The Kier molecular flexibility index (Phi) is 7.87. The van der Waals surface area contributed by atoms with Crippen molar-refractivity contribution in [3.05, 3.63) is 71.8 Å². The second-order valence-corrected chi connectivity index (χ2v) is 6.48. The van der Waals surface area contributed by atoms with Crippen LogP contribution in [0.4, 0.5) is 0 Å². The molecule has 0 spiro atoms. The quantitative estimate of drug-likeness (QED) is 0.702. The maximum absolute atomic E-state index is 12.9. The van der Waals surface area contributed by atoms with Crippen LogP contribution in [-0.2, 0) is 22.6 Å². The Morgan fingerprint density at radius 1 is 0.962 bits per heavy atom. The highest BCUT2D eigenvalue weighted by Crippen LogP contribution is 2.14. The van der Waals surface area contributed by atoms with Gasteiger partial charge in [0.05, 0.1) is 0 Å². The fraction of sp³-hybridized carbons (Fsp3) is 0.364. The number of amides is 2. The van der Waals surface area contributed by atoms with Crippen LogP contribution >= 0.6 is 0 Å². The standard InChI is InChI=1S/C22H28N2O2/c1-3-4-15-23-22(26)21(16-19-11-7-5-8-12-19)24(18(2)25)17-20-13-9-6-10-14-20/h5-14,21H,3-4,15-17H2,1-2H3,(H,23,26).